The van der Waals surface area contributed by atoms with Crippen molar-refractivity contribution in [1.82, 2.24) is 4.90 Å². The van der Waals surface area contributed by atoms with Gasteiger partial charge in [0.05, 0.1) is 11.6 Å². The first kappa shape index (κ1) is 31.0. The van der Waals surface area contributed by atoms with Gasteiger partial charge in [-0.3, -0.25) is 4.79 Å². The van der Waals surface area contributed by atoms with Crippen LogP contribution in [0.3, 0.4) is 0 Å². The summed E-state index contributed by atoms with van der Waals surface area (Å²) in [5.74, 6) is -2.54. The van der Waals surface area contributed by atoms with Crippen LogP contribution in [0.4, 0.5) is 14.4 Å². The molecule has 12 heteroatoms. The van der Waals surface area contributed by atoms with Gasteiger partial charge >= 0.3 is 18.5 Å². The van der Waals surface area contributed by atoms with Gasteiger partial charge in [0.25, 0.3) is 5.91 Å². The number of carbonyl (C=O) groups excluding carboxylic acids is 1. The third-order valence-electron chi connectivity index (χ3n) is 7.07. The molecule has 1 atom stereocenters. The van der Waals surface area contributed by atoms with E-state index in [2.05, 4.69) is 4.74 Å². The normalized spacial score (nSPS) is 13.6. The smallest absolute Gasteiger partial charge is 0.449 e. The average Bonchev–Trinajstić information content (AvgIpc) is 3.00. The molecular formula is C33H27NO10S. The maximum absolute atomic E-state index is 14.5. The third-order valence-corrected chi connectivity index (χ3v) is 8.07. The highest BCUT2D eigenvalue weighted by Gasteiger charge is 2.33. The van der Waals surface area contributed by atoms with Crippen molar-refractivity contribution in [1.29, 1.82) is 0 Å². The molecule has 0 aromatic heterocycles. The number of carboxylic acid groups (broad SMARTS) is 3. The van der Waals surface area contributed by atoms with E-state index < -0.39 is 47.7 Å². The topological polar surface area (TPSA) is 160 Å². The van der Waals surface area contributed by atoms with E-state index in [0.29, 0.717) is 6.42 Å². The molecule has 0 heterocycles. The lowest BCUT2D eigenvalue weighted by Gasteiger charge is -2.36. The van der Waals surface area contributed by atoms with E-state index in [4.69, 9.17) is 14.6 Å². The van der Waals surface area contributed by atoms with Crippen LogP contribution in [0.1, 0.15) is 45.9 Å². The molecule has 11 nitrogen and oxygen atoms in total. The lowest BCUT2D eigenvalue weighted by Crippen LogP contribution is -2.36. The van der Waals surface area contributed by atoms with Gasteiger partial charge in [0.15, 0.2) is 17.2 Å². The maximum Gasteiger partial charge on any atom is 0.511 e. The number of rotatable bonds is 9. The Bertz CT molecular complexity index is 1740. The monoisotopic (exact) mass is 629 g/mol. The summed E-state index contributed by atoms with van der Waals surface area (Å²) in [4.78, 5) is 52.4. The Morgan fingerprint density at radius 1 is 0.711 bits per heavy atom. The molecule has 5 rings (SSSR count). The fourth-order valence-corrected chi connectivity index (χ4v) is 6.22. The van der Waals surface area contributed by atoms with Crippen LogP contribution in [0.5, 0.6) is 17.2 Å². The van der Waals surface area contributed by atoms with Crippen LogP contribution in [0.2, 0.25) is 0 Å². The van der Waals surface area contributed by atoms with Crippen LogP contribution >= 0.6 is 11.8 Å². The lowest BCUT2D eigenvalue weighted by atomic mass is 9.86. The number of benzene rings is 4. The molecule has 45 heavy (non-hydrogen) atoms. The zero-order valence-corrected chi connectivity index (χ0v) is 24.4. The van der Waals surface area contributed by atoms with Crippen molar-refractivity contribution in [2.45, 2.75) is 41.6 Å². The summed E-state index contributed by atoms with van der Waals surface area (Å²) in [6.07, 6.45) is -3.19. The zero-order chi connectivity index (χ0) is 31.9. The molecule has 4 aromatic carbocycles. The number of aryl methyl sites for hydroxylation is 1. The summed E-state index contributed by atoms with van der Waals surface area (Å²) in [5, 5.41) is 27.9. The van der Waals surface area contributed by atoms with Gasteiger partial charge in [-0.25, -0.2) is 14.4 Å². The molecule has 1 aliphatic rings. The Labute approximate surface area is 261 Å². The second-order valence-corrected chi connectivity index (χ2v) is 11.1. The Kier molecular flexibility index (Phi) is 9.54. The van der Waals surface area contributed by atoms with E-state index in [1.807, 2.05) is 78.9 Å². The molecule has 0 fully saturated rings. The number of hydrogen-bond donors (Lipinski definition) is 3. The van der Waals surface area contributed by atoms with Crippen LogP contribution in [0, 0.1) is 0 Å². The van der Waals surface area contributed by atoms with Crippen molar-refractivity contribution in [3.8, 4) is 17.2 Å². The lowest BCUT2D eigenvalue weighted by molar-refractivity contribution is 0.0633. The van der Waals surface area contributed by atoms with Gasteiger partial charge < -0.3 is 34.4 Å². The minimum atomic E-state index is -1.82. The second kappa shape index (κ2) is 13.9. The van der Waals surface area contributed by atoms with E-state index in [0.717, 1.165) is 51.5 Å². The van der Waals surface area contributed by atoms with Crippen molar-refractivity contribution in [3.05, 3.63) is 113 Å². The number of carbonyl (C=O) groups is 4. The first-order valence-corrected chi connectivity index (χ1v) is 14.6. The summed E-state index contributed by atoms with van der Waals surface area (Å²) in [6, 6.07) is 26.5. The summed E-state index contributed by atoms with van der Waals surface area (Å²) < 4.78 is 14.2. The highest BCUT2D eigenvalue weighted by Crippen LogP contribution is 2.41. The van der Waals surface area contributed by atoms with Crippen molar-refractivity contribution in [2.24, 2.45) is 0 Å². The van der Waals surface area contributed by atoms with Crippen molar-refractivity contribution in [2.75, 3.05) is 0 Å². The summed E-state index contributed by atoms with van der Waals surface area (Å²) >= 11 is 1.56. The van der Waals surface area contributed by atoms with Crippen LogP contribution in [-0.4, -0.2) is 44.6 Å². The van der Waals surface area contributed by atoms with Crippen molar-refractivity contribution in [3.63, 3.8) is 0 Å². The molecule has 1 amide bonds. The van der Waals surface area contributed by atoms with Gasteiger partial charge in [-0.05, 0) is 60.2 Å². The van der Waals surface area contributed by atoms with Gasteiger partial charge in [0, 0.05) is 28.5 Å². The fourth-order valence-electron chi connectivity index (χ4n) is 5.29. The summed E-state index contributed by atoms with van der Waals surface area (Å²) in [6.45, 7) is 0.107. The van der Waals surface area contributed by atoms with E-state index in [9.17, 15) is 29.4 Å². The highest BCUT2D eigenvalue weighted by molar-refractivity contribution is 7.99. The molecule has 230 valence electrons. The van der Waals surface area contributed by atoms with Gasteiger partial charge in [0.1, 0.15) is 0 Å². The number of amides is 1. The minimum Gasteiger partial charge on any atom is -0.449 e. The summed E-state index contributed by atoms with van der Waals surface area (Å²) in [7, 11) is 0. The van der Waals surface area contributed by atoms with E-state index in [1.165, 1.54) is 0 Å². The van der Waals surface area contributed by atoms with E-state index >= 15 is 0 Å². The van der Waals surface area contributed by atoms with Crippen LogP contribution in [-0.2, 0) is 13.0 Å². The largest absolute Gasteiger partial charge is 0.511 e. The zero-order valence-electron chi connectivity index (χ0n) is 23.6. The highest BCUT2D eigenvalue weighted by atomic mass is 32.2. The summed E-state index contributed by atoms with van der Waals surface area (Å²) in [5.41, 5.74) is 2.44. The first-order chi connectivity index (χ1) is 21.7. The minimum absolute atomic E-state index is 0.107. The van der Waals surface area contributed by atoms with Gasteiger partial charge in [-0.1, -0.05) is 66.4 Å². The number of hydrogen-bond acceptors (Lipinski definition) is 8. The van der Waals surface area contributed by atoms with Gasteiger partial charge in [-0.2, -0.15) is 0 Å². The van der Waals surface area contributed by atoms with Crippen LogP contribution in [0.15, 0.2) is 101 Å². The first-order valence-electron chi connectivity index (χ1n) is 13.8. The second-order valence-electron chi connectivity index (χ2n) is 10.0. The third kappa shape index (κ3) is 7.73. The molecule has 0 bridgehead atoms. The molecule has 4 aromatic rings. The maximum atomic E-state index is 14.5. The molecule has 1 aliphatic carbocycles. The van der Waals surface area contributed by atoms with E-state index in [1.54, 1.807) is 16.7 Å². The Morgan fingerprint density at radius 2 is 1.33 bits per heavy atom. The van der Waals surface area contributed by atoms with Gasteiger partial charge in [0.2, 0.25) is 0 Å². The molecule has 0 radical (unpaired) electrons. The Balaban J connectivity index is 1.60. The SMILES string of the molecule is O=C(O)Oc1cc(OC(=O)O)c(C(=O)N(Cc2cccc(Sc3ccccc3)c2)[C@H]2CCCc3ccccc32)cc1OC(=O)O. The molecular weight excluding hydrogens is 602 g/mol. The van der Waals surface area contributed by atoms with E-state index in [-0.39, 0.29) is 12.1 Å². The van der Waals surface area contributed by atoms with Crippen LogP contribution < -0.4 is 14.2 Å². The Hall–Kier alpha value is -5.49. The molecule has 0 saturated heterocycles. The molecule has 3 N–H and O–H groups in total. The number of ether oxygens (including phenoxy) is 3. The number of fused-ring (bicyclic) bond motifs is 1. The fraction of sp³-hybridized carbons (Fsp3) is 0.152. The van der Waals surface area contributed by atoms with Crippen molar-refractivity contribution >= 4 is 36.1 Å². The van der Waals surface area contributed by atoms with Crippen molar-refractivity contribution < 1.29 is 48.7 Å². The Morgan fingerprint density at radius 3 is 2.04 bits per heavy atom. The predicted octanol–water partition coefficient (Wildman–Crippen LogP) is 7.73. The predicted molar refractivity (Wildman–Crippen MR) is 161 cm³/mol. The molecule has 0 saturated carbocycles. The quantitative estimate of drug-likeness (QED) is 0.123. The molecule has 0 unspecified atom stereocenters. The molecule has 0 aliphatic heterocycles. The number of nitrogens with zero attached hydrogens (tertiary/aromatic N) is 1. The van der Waals surface area contributed by atoms with Gasteiger partial charge in [-0.15, -0.1) is 0 Å². The standard InChI is InChI=1S/C33H27NO10S/c35-30(25-17-28(43-32(38)39)29(44-33(40)41)18-27(25)42-31(36)37)34(26-15-7-10-21-9-4-5-14-24(21)26)19-20-8-6-13-23(16-20)45-22-11-2-1-3-12-22/h1-6,8-9,11-14,16-18,26H,7,10,15,19H2,(H,36,37)(H,38,39)(H,40,41)/t26-/m0/s1. The average molecular weight is 630 g/mol. The molecule has 0 spiro atoms. The van der Waals surface area contributed by atoms with Crippen LogP contribution in [0.25, 0.3) is 0 Å².